The van der Waals surface area contributed by atoms with Crippen molar-refractivity contribution in [2.45, 2.75) is 6.54 Å². The lowest BCUT2D eigenvalue weighted by molar-refractivity contribution is -0.119. The quantitative estimate of drug-likeness (QED) is 0.777. The van der Waals surface area contributed by atoms with Crippen molar-refractivity contribution >= 4 is 23.4 Å². The molecule has 0 bridgehead atoms. The zero-order valence-electron chi connectivity index (χ0n) is 14.6. The van der Waals surface area contributed by atoms with Gasteiger partial charge in [-0.3, -0.25) is 9.59 Å². The molecule has 0 aliphatic rings. The van der Waals surface area contributed by atoms with Crippen LogP contribution in [-0.4, -0.2) is 37.5 Å². The summed E-state index contributed by atoms with van der Waals surface area (Å²) in [6, 6.07) is 5.84. The average molecular weight is 399 g/mol. The fourth-order valence-electron chi connectivity index (χ4n) is 2.32. The van der Waals surface area contributed by atoms with Crippen LogP contribution in [0.25, 0.3) is 0 Å². The van der Waals surface area contributed by atoms with E-state index in [0.29, 0.717) is 0 Å². The van der Waals surface area contributed by atoms with E-state index in [4.69, 9.17) is 26.8 Å². The Bertz CT molecular complexity index is 877. The van der Waals surface area contributed by atoms with Crippen LogP contribution in [-0.2, 0) is 11.3 Å². The number of halogens is 3. The number of hydrogen-bond donors (Lipinski definition) is 1. The summed E-state index contributed by atoms with van der Waals surface area (Å²) >= 11 is 6.12. The number of rotatable bonds is 7. The minimum Gasteiger partial charge on any atom is -0.493 e. The van der Waals surface area contributed by atoms with Crippen LogP contribution in [0, 0.1) is 11.6 Å². The van der Waals surface area contributed by atoms with E-state index in [1.807, 2.05) is 0 Å². The second kappa shape index (κ2) is 8.68. The Hall–Kier alpha value is -2.87. The van der Waals surface area contributed by atoms with Crippen molar-refractivity contribution in [2.75, 3.05) is 20.8 Å². The van der Waals surface area contributed by atoms with E-state index in [-0.39, 0.29) is 34.2 Å². The zero-order chi connectivity index (χ0) is 20.1. The van der Waals surface area contributed by atoms with Gasteiger partial charge in [0.05, 0.1) is 12.1 Å². The molecule has 0 radical (unpaired) electrons. The van der Waals surface area contributed by atoms with Gasteiger partial charge in [-0.1, -0.05) is 17.7 Å². The van der Waals surface area contributed by atoms with Crippen LogP contribution in [0.15, 0.2) is 30.3 Å². The Labute approximate surface area is 159 Å². The molecule has 0 unspecified atom stereocenters. The third kappa shape index (κ3) is 5.07. The number of primary amides is 1. The van der Waals surface area contributed by atoms with Gasteiger partial charge in [0.15, 0.2) is 18.1 Å². The van der Waals surface area contributed by atoms with Gasteiger partial charge in [-0.15, -0.1) is 0 Å². The normalized spacial score (nSPS) is 10.4. The van der Waals surface area contributed by atoms with Crippen LogP contribution >= 0.6 is 11.6 Å². The third-order valence-corrected chi connectivity index (χ3v) is 3.89. The first kappa shape index (κ1) is 20.4. The maximum absolute atomic E-state index is 13.8. The second-order valence-corrected chi connectivity index (χ2v) is 6.05. The first-order chi connectivity index (χ1) is 12.7. The molecule has 0 aliphatic heterocycles. The van der Waals surface area contributed by atoms with Crippen LogP contribution < -0.4 is 15.2 Å². The highest BCUT2D eigenvalue weighted by atomic mass is 35.5. The van der Waals surface area contributed by atoms with Crippen LogP contribution in [0.5, 0.6) is 11.5 Å². The molecule has 0 fully saturated rings. The van der Waals surface area contributed by atoms with E-state index < -0.39 is 30.1 Å². The van der Waals surface area contributed by atoms with Crippen LogP contribution in [0.1, 0.15) is 15.9 Å². The summed E-state index contributed by atoms with van der Waals surface area (Å²) in [5, 5.41) is 0.0420. The molecule has 2 rings (SSSR count). The third-order valence-electron chi connectivity index (χ3n) is 3.60. The fourth-order valence-corrected chi connectivity index (χ4v) is 2.59. The summed E-state index contributed by atoms with van der Waals surface area (Å²) in [4.78, 5) is 24.7. The van der Waals surface area contributed by atoms with Gasteiger partial charge in [-0.25, -0.2) is 8.78 Å². The number of carbonyl (C=O) groups is 2. The number of carbonyl (C=O) groups excluding carboxylic acids is 2. The van der Waals surface area contributed by atoms with E-state index in [9.17, 15) is 18.4 Å². The van der Waals surface area contributed by atoms with Crippen LogP contribution in [0.3, 0.4) is 0 Å². The number of methoxy groups -OCH3 is 1. The van der Waals surface area contributed by atoms with Gasteiger partial charge in [0.2, 0.25) is 0 Å². The zero-order valence-corrected chi connectivity index (χ0v) is 15.3. The Morgan fingerprint density at radius 3 is 2.52 bits per heavy atom. The molecule has 0 atom stereocenters. The molecule has 2 N–H and O–H groups in total. The standard InChI is InChI=1S/C18H17ClF2N2O4/c1-23(8-10-3-4-12(20)7-14(10)21)18(25)11-5-13(19)17(15(6-11)26-2)27-9-16(22)24/h3-7H,8-9H2,1-2H3,(H2,22,24). The van der Waals surface area contributed by atoms with Gasteiger partial charge in [0.1, 0.15) is 11.6 Å². The van der Waals surface area contributed by atoms with Gasteiger partial charge in [-0.05, 0) is 18.2 Å². The lowest BCUT2D eigenvalue weighted by Crippen LogP contribution is -2.27. The SMILES string of the molecule is COc1cc(C(=O)N(C)Cc2ccc(F)cc2F)cc(Cl)c1OCC(N)=O. The first-order valence-corrected chi connectivity index (χ1v) is 8.08. The Morgan fingerprint density at radius 1 is 1.22 bits per heavy atom. The molecule has 0 heterocycles. The summed E-state index contributed by atoms with van der Waals surface area (Å²) in [6.07, 6.45) is 0. The van der Waals surface area contributed by atoms with Crippen molar-refractivity contribution in [2.24, 2.45) is 5.73 Å². The topological polar surface area (TPSA) is 81.9 Å². The largest absolute Gasteiger partial charge is 0.493 e. The van der Waals surface area contributed by atoms with E-state index in [1.165, 1.54) is 37.3 Å². The molecule has 0 saturated heterocycles. The van der Waals surface area contributed by atoms with Crippen molar-refractivity contribution < 1.29 is 27.8 Å². The van der Waals surface area contributed by atoms with Crippen molar-refractivity contribution in [1.82, 2.24) is 4.90 Å². The molecule has 144 valence electrons. The summed E-state index contributed by atoms with van der Waals surface area (Å²) in [7, 11) is 2.80. The highest BCUT2D eigenvalue weighted by Crippen LogP contribution is 2.36. The maximum atomic E-state index is 13.8. The van der Waals surface area contributed by atoms with Crippen LogP contribution in [0.2, 0.25) is 5.02 Å². The molecule has 2 aromatic rings. The predicted molar refractivity (Wildman–Crippen MR) is 94.8 cm³/mol. The number of hydrogen-bond acceptors (Lipinski definition) is 4. The summed E-state index contributed by atoms with van der Waals surface area (Å²) < 4.78 is 37.1. The average Bonchev–Trinajstić information content (AvgIpc) is 2.61. The van der Waals surface area contributed by atoms with Crippen molar-refractivity contribution in [1.29, 1.82) is 0 Å². The molecule has 9 heteroatoms. The monoisotopic (exact) mass is 398 g/mol. The molecule has 27 heavy (non-hydrogen) atoms. The van der Waals surface area contributed by atoms with Gasteiger partial charge >= 0.3 is 0 Å². The first-order valence-electron chi connectivity index (χ1n) is 7.71. The highest BCUT2D eigenvalue weighted by Gasteiger charge is 2.20. The van der Waals surface area contributed by atoms with E-state index in [1.54, 1.807) is 0 Å². The molecule has 6 nitrogen and oxygen atoms in total. The molecular weight excluding hydrogens is 382 g/mol. The Kier molecular flexibility index (Phi) is 6.57. The Morgan fingerprint density at radius 2 is 1.93 bits per heavy atom. The fraction of sp³-hybridized carbons (Fsp3) is 0.222. The van der Waals surface area contributed by atoms with Crippen molar-refractivity contribution in [3.8, 4) is 11.5 Å². The second-order valence-electron chi connectivity index (χ2n) is 5.64. The van der Waals surface area contributed by atoms with Crippen LogP contribution in [0.4, 0.5) is 8.78 Å². The smallest absolute Gasteiger partial charge is 0.255 e. The predicted octanol–water partition coefficient (Wildman–Crippen LogP) is 2.76. The van der Waals surface area contributed by atoms with Crippen molar-refractivity contribution in [3.63, 3.8) is 0 Å². The molecular formula is C18H17ClF2N2O4. The molecule has 0 spiro atoms. The number of nitrogens with two attached hydrogens (primary N) is 1. The minimum atomic E-state index is -0.750. The molecule has 0 saturated carbocycles. The summed E-state index contributed by atoms with van der Waals surface area (Å²) in [5.41, 5.74) is 5.35. The lowest BCUT2D eigenvalue weighted by Gasteiger charge is -2.19. The summed E-state index contributed by atoms with van der Waals surface area (Å²) in [6.45, 7) is -0.488. The van der Waals surface area contributed by atoms with Gasteiger partial charge in [0.25, 0.3) is 11.8 Å². The van der Waals surface area contributed by atoms with Crippen molar-refractivity contribution in [3.05, 3.63) is 58.1 Å². The van der Waals surface area contributed by atoms with E-state index >= 15 is 0 Å². The lowest BCUT2D eigenvalue weighted by atomic mass is 10.1. The van der Waals surface area contributed by atoms with Gasteiger partial charge in [0, 0.05) is 30.8 Å². The number of benzene rings is 2. The van der Waals surface area contributed by atoms with E-state index in [2.05, 4.69) is 0 Å². The molecule has 2 amide bonds. The minimum absolute atomic E-state index is 0.0420. The van der Waals surface area contributed by atoms with E-state index in [0.717, 1.165) is 12.1 Å². The highest BCUT2D eigenvalue weighted by molar-refractivity contribution is 6.32. The molecule has 0 aliphatic carbocycles. The van der Waals surface area contributed by atoms with Gasteiger partial charge < -0.3 is 20.1 Å². The Balaban J connectivity index is 2.24. The summed E-state index contributed by atoms with van der Waals surface area (Å²) in [5.74, 6) is -2.42. The molecule has 0 aromatic heterocycles. The molecule has 2 aromatic carbocycles. The van der Waals surface area contributed by atoms with Gasteiger partial charge in [-0.2, -0.15) is 0 Å². The number of ether oxygens (including phenoxy) is 2. The maximum Gasteiger partial charge on any atom is 0.255 e. The number of nitrogens with zero attached hydrogens (tertiary/aromatic N) is 1. The number of amides is 2.